The van der Waals surface area contributed by atoms with Crippen LogP contribution in [0, 0.1) is 0 Å². The number of hydrogen-bond acceptors (Lipinski definition) is 1. The van der Waals surface area contributed by atoms with Gasteiger partial charge in [-0.3, -0.25) is 4.79 Å². The molecule has 14 heavy (non-hydrogen) atoms. The van der Waals surface area contributed by atoms with Gasteiger partial charge in [-0.15, -0.1) is 0 Å². The monoisotopic (exact) mass is 302 g/mol. The molecule has 0 aromatic heterocycles. The Morgan fingerprint density at radius 2 is 1.93 bits per heavy atom. The lowest BCUT2D eigenvalue weighted by Crippen LogP contribution is -2.11. The highest BCUT2D eigenvalue weighted by Crippen LogP contribution is 2.32. The summed E-state index contributed by atoms with van der Waals surface area (Å²) in [6.45, 7) is 0. The fourth-order valence-corrected chi connectivity index (χ4v) is 1.92. The lowest BCUT2D eigenvalue weighted by Gasteiger charge is -2.06. The highest BCUT2D eigenvalue weighted by molar-refractivity contribution is 9.10. The molecule has 1 aromatic rings. The topological polar surface area (TPSA) is 17.1 Å². The van der Waals surface area contributed by atoms with Crippen LogP contribution in [0.5, 0.6) is 0 Å². The summed E-state index contributed by atoms with van der Waals surface area (Å²) in [7, 11) is 0. The Bertz CT molecular complexity index is 382. The molecule has 0 aliphatic carbocycles. The standard InChI is InChI=1S/C8H3BrCl2F2O/c9-3-1-2-4(10)6(11)5(3)7(14)8(12)13/h1-2,8H. The van der Waals surface area contributed by atoms with E-state index in [0.717, 1.165) is 0 Å². The van der Waals surface area contributed by atoms with Crippen LogP contribution in [0.25, 0.3) is 0 Å². The first-order valence-electron chi connectivity index (χ1n) is 3.41. The van der Waals surface area contributed by atoms with E-state index in [1.54, 1.807) is 0 Å². The zero-order valence-corrected chi connectivity index (χ0v) is 9.63. The predicted molar refractivity (Wildman–Crippen MR) is 54.5 cm³/mol. The second-order valence-electron chi connectivity index (χ2n) is 2.38. The summed E-state index contributed by atoms with van der Waals surface area (Å²) in [6, 6.07) is 2.81. The molecule has 0 aliphatic heterocycles. The molecule has 0 saturated carbocycles. The minimum absolute atomic E-state index is 0.0684. The molecule has 76 valence electrons. The van der Waals surface area contributed by atoms with Gasteiger partial charge in [0.2, 0.25) is 5.78 Å². The second-order valence-corrected chi connectivity index (χ2v) is 4.02. The Hall–Kier alpha value is -0.190. The van der Waals surface area contributed by atoms with Crippen LogP contribution >= 0.6 is 39.1 Å². The molecule has 0 fully saturated rings. The largest absolute Gasteiger partial charge is 0.300 e. The fourth-order valence-electron chi connectivity index (χ4n) is 0.862. The lowest BCUT2D eigenvalue weighted by molar-refractivity contribution is 0.0678. The van der Waals surface area contributed by atoms with E-state index in [1.165, 1.54) is 12.1 Å². The summed E-state index contributed by atoms with van der Waals surface area (Å²) in [5.74, 6) is -1.34. The Morgan fingerprint density at radius 3 is 2.43 bits per heavy atom. The molecular formula is C8H3BrCl2F2O. The van der Waals surface area contributed by atoms with Crippen molar-refractivity contribution in [3.63, 3.8) is 0 Å². The van der Waals surface area contributed by atoms with Gasteiger partial charge in [0.05, 0.1) is 15.6 Å². The molecule has 1 nitrogen and oxygen atoms in total. The van der Waals surface area contributed by atoms with Gasteiger partial charge in [-0.1, -0.05) is 23.2 Å². The highest BCUT2D eigenvalue weighted by Gasteiger charge is 2.24. The molecule has 0 heterocycles. The first-order chi connectivity index (χ1) is 6.45. The fraction of sp³-hybridized carbons (Fsp3) is 0.125. The Balaban J connectivity index is 3.33. The highest BCUT2D eigenvalue weighted by atomic mass is 79.9. The number of Topliss-reactive ketones (excluding diaryl/α,β-unsaturated/α-hetero) is 1. The van der Waals surface area contributed by atoms with Crippen molar-refractivity contribution in [2.24, 2.45) is 0 Å². The predicted octanol–water partition coefficient (Wildman–Crippen LogP) is 4.20. The summed E-state index contributed by atoms with van der Waals surface area (Å²) in [4.78, 5) is 11.0. The number of benzene rings is 1. The molecule has 1 rings (SSSR count). The quantitative estimate of drug-likeness (QED) is 0.591. The number of ketones is 1. The first-order valence-corrected chi connectivity index (χ1v) is 4.96. The van der Waals surface area contributed by atoms with Crippen molar-refractivity contribution in [3.05, 3.63) is 32.2 Å². The average molecular weight is 304 g/mol. The molecule has 0 radical (unpaired) electrons. The third kappa shape index (κ3) is 2.24. The minimum Gasteiger partial charge on any atom is -0.288 e. The van der Waals surface area contributed by atoms with Crippen molar-refractivity contribution in [2.45, 2.75) is 6.43 Å². The number of carbonyl (C=O) groups excluding carboxylic acids is 1. The second kappa shape index (κ2) is 4.55. The van der Waals surface area contributed by atoms with Gasteiger partial charge in [0.15, 0.2) is 0 Å². The van der Waals surface area contributed by atoms with Gasteiger partial charge in [0, 0.05) is 4.47 Å². The summed E-state index contributed by atoms with van der Waals surface area (Å²) in [6.07, 6.45) is -3.10. The van der Waals surface area contributed by atoms with Crippen LogP contribution in [0.2, 0.25) is 10.0 Å². The molecular weight excluding hydrogens is 301 g/mol. The van der Waals surface area contributed by atoms with Crippen LogP contribution in [0.3, 0.4) is 0 Å². The number of alkyl halides is 2. The normalized spacial score (nSPS) is 10.7. The van der Waals surface area contributed by atoms with Gasteiger partial charge in [-0.2, -0.15) is 0 Å². The van der Waals surface area contributed by atoms with Crippen molar-refractivity contribution < 1.29 is 13.6 Å². The maximum absolute atomic E-state index is 12.1. The molecule has 0 spiro atoms. The van der Waals surface area contributed by atoms with Crippen LogP contribution in [0.4, 0.5) is 8.78 Å². The lowest BCUT2D eigenvalue weighted by atomic mass is 10.1. The van der Waals surface area contributed by atoms with Crippen LogP contribution in [0.1, 0.15) is 10.4 Å². The van der Waals surface area contributed by atoms with E-state index in [0.29, 0.717) is 0 Å². The summed E-state index contributed by atoms with van der Waals surface area (Å²) in [5.41, 5.74) is -0.283. The Kier molecular flexibility index (Phi) is 3.86. The van der Waals surface area contributed by atoms with Crippen molar-refractivity contribution in [1.29, 1.82) is 0 Å². The van der Waals surface area contributed by atoms with E-state index >= 15 is 0 Å². The van der Waals surface area contributed by atoms with E-state index in [4.69, 9.17) is 23.2 Å². The summed E-state index contributed by atoms with van der Waals surface area (Å²) < 4.78 is 24.5. The average Bonchev–Trinajstić information content (AvgIpc) is 2.12. The molecule has 0 aliphatic rings. The smallest absolute Gasteiger partial charge is 0.288 e. The molecule has 0 amide bonds. The van der Waals surface area contributed by atoms with Crippen LogP contribution in [0.15, 0.2) is 16.6 Å². The van der Waals surface area contributed by atoms with E-state index in [2.05, 4.69) is 15.9 Å². The summed E-state index contributed by atoms with van der Waals surface area (Å²) in [5, 5.41) is -0.0924. The third-order valence-corrected chi connectivity index (χ3v) is 2.95. The minimum atomic E-state index is -3.10. The van der Waals surface area contributed by atoms with Crippen molar-refractivity contribution in [2.75, 3.05) is 0 Å². The van der Waals surface area contributed by atoms with Crippen LogP contribution in [-0.2, 0) is 0 Å². The van der Waals surface area contributed by atoms with Gasteiger partial charge in [-0.05, 0) is 28.1 Å². The number of rotatable bonds is 2. The van der Waals surface area contributed by atoms with Crippen molar-refractivity contribution in [3.8, 4) is 0 Å². The molecule has 0 atom stereocenters. The maximum Gasteiger partial charge on any atom is 0.300 e. The van der Waals surface area contributed by atoms with Crippen molar-refractivity contribution in [1.82, 2.24) is 0 Å². The van der Waals surface area contributed by atoms with E-state index in [9.17, 15) is 13.6 Å². The van der Waals surface area contributed by atoms with Crippen LogP contribution < -0.4 is 0 Å². The number of hydrogen-bond donors (Lipinski definition) is 0. The van der Waals surface area contributed by atoms with Crippen molar-refractivity contribution >= 4 is 44.9 Å². The SMILES string of the molecule is O=C(c1c(Br)ccc(Cl)c1Cl)C(F)F. The van der Waals surface area contributed by atoms with Gasteiger partial charge in [0.1, 0.15) is 0 Å². The zero-order valence-electron chi connectivity index (χ0n) is 6.53. The first kappa shape index (κ1) is 11.9. The van der Waals surface area contributed by atoms with E-state index in [-0.39, 0.29) is 20.1 Å². The Morgan fingerprint density at radius 1 is 1.36 bits per heavy atom. The van der Waals surface area contributed by atoms with E-state index in [1.807, 2.05) is 0 Å². The molecule has 0 saturated heterocycles. The van der Waals surface area contributed by atoms with Gasteiger partial charge in [0.25, 0.3) is 0 Å². The molecule has 0 N–H and O–H groups in total. The maximum atomic E-state index is 12.1. The zero-order chi connectivity index (χ0) is 10.9. The van der Waals surface area contributed by atoms with Gasteiger partial charge < -0.3 is 0 Å². The molecule has 6 heteroatoms. The molecule has 0 unspecified atom stereocenters. The van der Waals surface area contributed by atoms with Gasteiger partial charge >= 0.3 is 6.43 Å². The van der Waals surface area contributed by atoms with Gasteiger partial charge in [-0.25, -0.2) is 8.78 Å². The summed E-state index contributed by atoms with van der Waals surface area (Å²) >= 11 is 14.2. The van der Waals surface area contributed by atoms with E-state index < -0.39 is 12.2 Å². The number of carbonyl (C=O) groups is 1. The Labute approximate surface area is 97.1 Å². The number of halogens is 5. The third-order valence-electron chi connectivity index (χ3n) is 1.49. The van der Waals surface area contributed by atoms with Crippen LogP contribution in [-0.4, -0.2) is 12.2 Å². The molecule has 1 aromatic carbocycles. The molecule has 0 bridgehead atoms.